The lowest BCUT2D eigenvalue weighted by atomic mass is 10.0. The molecule has 0 saturated carbocycles. The second kappa shape index (κ2) is 8.89. The van der Waals surface area contributed by atoms with Gasteiger partial charge in [0.25, 0.3) is 0 Å². The van der Waals surface area contributed by atoms with E-state index in [1.54, 1.807) is 37.4 Å². The number of carbonyl (C=O) groups excluding carboxylic acids is 2. The highest BCUT2D eigenvalue weighted by molar-refractivity contribution is 6.02. The quantitative estimate of drug-likeness (QED) is 0.731. The number of rotatable bonds is 8. The molecule has 0 fully saturated rings. The van der Waals surface area contributed by atoms with Crippen molar-refractivity contribution >= 4 is 17.4 Å². The van der Waals surface area contributed by atoms with Gasteiger partial charge >= 0.3 is 0 Å². The zero-order valence-electron chi connectivity index (χ0n) is 15.4. The fourth-order valence-electron chi connectivity index (χ4n) is 2.52. The normalized spacial score (nSPS) is 10.2. The van der Waals surface area contributed by atoms with Crippen LogP contribution in [0.4, 0.5) is 5.69 Å². The van der Waals surface area contributed by atoms with E-state index in [0.29, 0.717) is 28.5 Å². The number of anilines is 1. The molecule has 6 nitrogen and oxygen atoms in total. The molecule has 0 saturated heterocycles. The molecule has 0 aliphatic rings. The first kappa shape index (κ1) is 19.3. The van der Waals surface area contributed by atoms with Crippen LogP contribution in [-0.2, 0) is 4.79 Å². The van der Waals surface area contributed by atoms with Crippen LogP contribution in [0.5, 0.6) is 17.2 Å². The highest BCUT2D eigenvalue weighted by Gasteiger charge is 2.15. The Bertz CT molecular complexity index is 801. The average Bonchev–Trinajstić information content (AvgIpc) is 2.66. The Labute approximate surface area is 153 Å². The molecule has 0 atom stereocenters. The van der Waals surface area contributed by atoms with Crippen molar-refractivity contribution in [3.05, 3.63) is 47.5 Å². The highest BCUT2D eigenvalue weighted by atomic mass is 16.5. The zero-order valence-corrected chi connectivity index (χ0v) is 15.4. The molecule has 2 aromatic rings. The zero-order chi connectivity index (χ0) is 19.1. The van der Waals surface area contributed by atoms with E-state index in [1.165, 1.54) is 14.2 Å². The summed E-state index contributed by atoms with van der Waals surface area (Å²) in [6.07, 6.45) is 0.148. The third-order valence-corrected chi connectivity index (χ3v) is 3.92. The monoisotopic (exact) mass is 357 g/mol. The molecule has 6 heteroatoms. The molecule has 0 unspecified atom stereocenters. The van der Waals surface area contributed by atoms with E-state index >= 15 is 0 Å². The van der Waals surface area contributed by atoms with Gasteiger partial charge in [-0.05, 0) is 31.2 Å². The minimum absolute atomic E-state index is 0.0606. The minimum Gasteiger partial charge on any atom is -0.497 e. The fourth-order valence-corrected chi connectivity index (χ4v) is 2.52. The number of nitrogens with one attached hydrogen (secondary N) is 1. The van der Waals surface area contributed by atoms with Crippen molar-refractivity contribution in [2.75, 3.05) is 26.6 Å². The van der Waals surface area contributed by atoms with Crippen molar-refractivity contribution in [2.24, 2.45) is 0 Å². The molecule has 138 valence electrons. The molecule has 1 amide bonds. The van der Waals surface area contributed by atoms with Gasteiger partial charge in [0.05, 0.1) is 32.6 Å². The molecule has 2 rings (SSSR count). The van der Waals surface area contributed by atoms with Crippen LogP contribution < -0.4 is 19.5 Å². The van der Waals surface area contributed by atoms with Crippen LogP contribution in [0.15, 0.2) is 36.4 Å². The van der Waals surface area contributed by atoms with Gasteiger partial charge in [-0.15, -0.1) is 0 Å². The molecule has 0 aromatic heterocycles. The molecule has 0 radical (unpaired) electrons. The van der Waals surface area contributed by atoms with Gasteiger partial charge in [-0.3, -0.25) is 9.59 Å². The number of hydrogen-bond acceptors (Lipinski definition) is 5. The highest BCUT2D eigenvalue weighted by Crippen LogP contribution is 2.29. The molecule has 0 heterocycles. The maximum atomic E-state index is 12.4. The first-order valence-electron chi connectivity index (χ1n) is 8.18. The lowest BCUT2D eigenvalue weighted by Gasteiger charge is -2.12. The average molecular weight is 357 g/mol. The largest absolute Gasteiger partial charge is 0.497 e. The van der Waals surface area contributed by atoms with Crippen LogP contribution in [0.3, 0.4) is 0 Å². The van der Waals surface area contributed by atoms with Crippen molar-refractivity contribution in [1.29, 1.82) is 0 Å². The van der Waals surface area contributed by atoms with E-state index in [-0.39, 0.29) is 24.5 Å². The third kappa shape index (κ3) is 4.75. The van der Waals surface area contributed by atoms with Crippen molar-refractivity contribution in [1.82, 2.24) is 0 Å². The summed E-state index contributed by atoms with van der Waals surface area (Å²) in [4.78, 5) is 24.6. The van der Waals surface area contributed by atoms with Crippen LogP contribution in [0, 0.1) is 6.92 Å². The maximum absolute atomic E-state index is 12.4. The van der Waals surface area contributed by atoms with Crippen LogP contribution in [-0.4, -0.2) is 33.0 Å². The van der Waals surface area contributed by atoms with Crippen molar-refractivity contribution in [3.8, 4) is 17.2 Å². The summed E-state index contributed by atoms with van der Waals surface area (Å²) >= 11 is 0. The Morgan fingerprint density at radius 2 is 1.62 bits per heavy atom. The molecular weight excluding hydrogens is 334 g/mol. The fraction of sp³-hybridized carbons (Fsp3) is 0.300. The number of methoxy groups -OCH3 is 3. The number of amides is 1. The number of ether oxygens (including phenoxy) is 3. The number of hydrogen-bond donors (Lipinski definition) is 1. The van der Waals surface area contributed by atoms with Gasteiger partial charge < -0.3 is 19.5 Å². The van der Waals surface area contributed by atoms with Gasteiger partial charge in [0, 0.05) is 18.9 Å². The summed E-state index contributed by atoms with van der Waals surface area (Å²) in [6.45, 7) is 1.90. The maximum Gasteiger partial charge on any atom is 0.224 e. The van der Waals surface area contributed by atoms with E-state index in [2.05, 4.69) is 5.32 Å². The van der Waals surface area contributed by atoms with Crippen LogP contribution in [0.25, 0.3) is 0 Å². The second-order valence-corrected chi connectivity index (χ2v) is 5.74. The summed E-state index contributed by atoms with van der Waals surface area (Å²) in [5.74, 6) is 1.22. The van der Waals surface area contributed by atoms with Gasteiger partial charge in [-0.2, -0.15) is 0 Å². The number of aryl methyl sites for hydroxylation is 1. The Morgan fingerprint density at radius 1 is 0.885 bits per heavy atom. The molecule has 0 bridgehead atoms. The van der Waals surface area contributed by atoms with E-state index < -0.39 is 0 Å². The molecular formula is C20H23NO5. The van der Waals surface area contributed by atoms with Crippen molar-refractivity contribution in [3.63, 3.8) is 0 Å². The summed E-state index contributed by atoms with van der Waals surface area (Å²) in [6, 6.07) is 10.5. The SMILES string of the molecule is COc1ccc(NC(=O)CCC(=O)c2cc(C)ccc2OC)c(OC)c1. The van der Waals surface area contributed by atoms with Crippen LogP contribution in [0.2, 0.25) is 0 Å². The molecule has 0 aliphatic heterocycles. The Hall–Kier alpha value is -3.02. The third-order valence-electron chi connectivity index (χ3n) is 3.92. The molecule has 26 heavy (non-hydrogen) atoms. The lowest BCUT2D eigenvalue weighted by molar-refractivity contribution is -0.116. The molecule has 1 N–H and O–H groups in total. The summed E-state index contributed by atoms with van der Waals surface area (Å²) in [5.41, 5.74) is 1.97. The minimum atomic E-state index is -0.270. The van der Waals surface area contributed by atoms with Crippen molar-refractivity contribution < 1.29 is 23.8 Å². The molecule has 0 aliphatic carbocycles. The lowest BCUT2D eigenvalue weighted by Crippen LogP contribution is -2.14. The summed E-state index contributed by atoms with van der Waals surface area (Å²) < 4.78 is 15.6. The second-order valence-electron chi connectivity index (χ2n) is 5.74. The predicted octanol–water partition coefficient (Wildman–Crippen LogP) is 3.62. The molecule has 0 spiro atoms. The number of ketones is 1. The van der Waals surface area contributed by atoms with E-state index in [9.17, 15) is 9.59 Å². The Morgan fingerprint density at radius 3 is 2.27 bits per heavy atom. The van der Waals surface area contributed by atoms with Gasteiger partial charge in [0.2, 0.25) is 5.91 Å². The van der Waals surface area contributed by atoms with Crippen molar-refractivity contribution in [2.45, 2.75) is 19.8 Å². The number of Topliss-reactive ketones (excluding diaryl/α,β-unsaturated/α-hetero) is 1. The van der Waals surface area contributed by atoms with E-state index in [4.69, 9.17) is 14.2 Å². The molecule has 2 aromatic carbocycles. The van der Waals surface area contributed by atoms with Crippen LogP contribution in [0.1, 0.15) is 28.8 Å². The van der Waals surface area contributed by atoms with E-state index in [0.717, 1.165) is 5.56 Å². The van der Waals surface area contributed by atoms with Crippen LogP contribution >= 0.6 is 0 Å². The summed E-state index contributed by atoms with van der Waals surface area (Å²) in [7, 11) is 4.58. The first-order chi connectivity index (χ1) is 12.5. The van der Waals surface area contributed by atoms with Gasteiger partial charge in [-0.1, -0.05) is 11.6 Å². The van der Waals surface area contributed by atoms with Gasteiger partial charge in [-0.25, -0.2) is 0 Å². The predicted molar refractivity (Wildman–Crippen MR) is 99.5 cm³/mol. The van der Waals surface area contributed by atoms with E-state index in [1.807, 2.05) is 13.0 Å². The Balaban J connectivity index is 2.01. The topological polar surface area (TPSA) is 73.9 Å². The van der Waals surface area contributed by atoms with Gasteiger partial charge in [0.1, 0.15) is 17.2 Å². The number of benzene rings is 2. The number of carbonyl (C=O) groups is 2. The summed E-state index contributed by atoms with van der Waals surface area (Å²) in [5, 5.41) is 2.76. The smallest absolute Gasteiger partial charge is 0.224 e. The Kier molecular flexibility index (Phi) is 6.60. The standard InChI is InChI=1S/C20H23NO5/c1-13-5-9-18(25-3)15(11-13)17(22)8-10-20(23)21-16-7-6-14(24-2)12-19(16)26-4/h5-7,9,11-12H,8,10H2,1-4H3,(H,21,23). The first-order valence-corrected chi connectivity index (χ1v) is 8.18. The van der Waals surface area contributed by atoms with Gasteiger partial charge in [0.15, 0.2) is 5.78 Å².